The highest BCUT2D eigenvalue weighted by atomic mass is 16.5. The fourth-order valence-electron chi connectivity index (χ4n) is 4.08. The van der Waals surface area contributed by atoms with E-state index in [0.717, 1.165) is 17.7 Å². The zero-order valence-electron chi connectivity index (χ0n) is 13.1. The molecule has 0 aromatic heterocycles. The van der Waals surface area contributed by atoms with Crippen LogP contribution in [0.4, 0.5) is 0 Å². The molecule has 1 unspecified atom stereocenters. The first kappa shape index (κ1) is 15.3. The predicted octanol–water partition coefficient (Wildman–Crippen LogP) is 1.50. The number of ketones is 1. The van der Waals surface area contributed by atoms with Gasteiger partial charge in [-0.3, -0.25) is 4.79 Å². The van der Waals surface area contributed by atoms with Crippen molar-refractivity contribution in [3.05, 3.63) is 23.3 Å². The van der Waals surface area contributed by atoms with Crippen molar-refractivity contribution in [1.82, 2.24) is 5.32 Å². The lowest BCUT2D eigenvalue weighted by Gasteiger charge is -2.49. The van der Waals surface area contributed by atoms with E-state index in [4.69, 9.17) is 4.74 Å². The predicted molar refractivity (Wildman–Crippen MR) is 82.4 cm³/mol. The highest BCUT2D eigenvalue weighted by Crippen LogP contribution is 2.52. The highest BCUT2D eigenvalue weighted by Gasteiger charge is 2.52. The number of methoxy groups -OCH3 is 1. The second kappa shape index (κ2) is 5.56. The molecule has 0 saturated heterocycles. The van der Waals surface area contributed by atoms with Gasteiger partial charge in [0.05, 0.1) is 12.7 Å². The minimum absolute atomic E-state index is 0.0588. The van der Waals surface area contributed by atoms with Gasteiger partial charge in [-0.25, -0.2) is 0 Å². The minimum Gasteiger partial charge on any atom is -0.504 e. The van der Waals surface area contributed by atoms with E-state index in [2.05, 4.69) is 5.32 Å². The highest BCUT2D eigenvalue weighted by molar-refractivity contribution is 5.81. The van der Waals surface area contributed by atoms with Crippen LogP contribution in [-0.2, 0) is 11.2 Å². The van der Waals surface area contributed by atoms with E-state index < -0.39 is 5.60 Å². The molecule has 0 heterocycles. The Balaban J connectivity index is 2.15. The topological polar surface area (TPSA) is 78.8 Å². The molecule has 0 aliphatic heterocycles. The SMILES string of the molecule is CCN[C@@H]1Cc2ccc(O)c(OC)c2C2CC(=O)CC[C@]21O. The van der Waals surface area contributed by atoms with Gasteiger partial charge in [0.25, 0.3) is 0 Å². The maximum absolute atomic E-state index is 12.0. The van der Waals surface area contributed by atoms with Crippen LogP contribution in [0.5, 0.6) is 11.5 Å². The lowest BCUT2D eigenvalue weighted by Crippen LogP contribution is -2.60. The Morgan fingerprint density at radius 3 is 2.86 bits per heavy atom. The van der Waals surface area contributed by atoms with Crippen LogP contribution in [0.3, 0.4) is 0 Å². The fraction of sp³-hybridized carbons (Fsp3) is 0.588. The third-order valence-electron chi connectivity index (χ3n) is 5.14. The number of carbonyl (C=O) groups is 1. The average Bonchev–Trinajstić information content (AvgIpc) is 2.50. The normalized spacial score (nSPS) is 30.6. The van der Waals surface area contributed by atoms with Gasteiger partial charge in [-0.15, -0.1) is 0 Å². The van der Waals surface area contributed by atoms with Crippen molar-refractivity contribution in [2.24, 2.45) is 0 Å². The number of hydrogen-bond acceptors (Lipinski definition) is 5. The van der Waals surface area contributed by atoms with Gasteiger partial charge in [0.15, 0.2) is 11.5 Å². The van der Waals surface area contributed by atoms with Gasteiger partial charge in [0, 0.05) is 30.4 Å². The molecule has 3 N–H and O–H groups in total. The monoisotopic (exact) mass is 305 g/mol. The number of ether oxygens (including phenoxy) is 1. The summed E-state index contributed by atoms with van der Waals surface area (Å²) in [5.41, 5.74) is 0.857. The number of Topliss-reactive ketones (excluding diaryl/α,β-unsaturated/α-hetero) is 1. The van der Waals surface area contributed by atoms with Crippen LogP contribution < -0.4 is 10.1 Å². The van der Waals surface area contributed by atoms with Gasteiger partial charge in [0.2, 0.25) is 0 Å². The molecule has 0 bridgehead atoms. The molecule has 1 fully saturated rings. The van der Waals surface area contributed by atoms with E-state index in [1.54, 1.807) is 6.07 Å². The van der Waals surface area contributed by atoms with Crippen LogP contribution in [-0.4, -0.2) is 41.3 Å². The second-order valence-electron chi connectivity index (χ2n) is 6.29. The van der Waals surface area contributed by atoms with E-state index in [0.29, 0.717) is 31.4 Å². The van der Waals surface area contributed by atoms with Crippen molar-refractivity contribution in [2.45, 2.75) is 50.2 Å². The summed E-state index contributed by atoms with van der Waals surface area (Å²) in [6.45, 7) is 2.78. The van der Waals surface area contributed by atoms with Crippen molar-refractivity contribution < 1.29 is 19.7 Å². The van der Waals surface area contributed by atoms with Gasteiger partial charge >= 0.3 is 0 Å². The number of aromatic hydroxyl groups is 1. The van der Waals surface area contributed by atoms with Crippen LogP contribution in [0, 0.1) is 0 Å². The molecule has 22 heavy (non-hydrogen) atoms. The number of aliphatic hydroxyl groups is 1. The molecule has 1 aromatic carbocycles. The Hall–Kier alpha value is -1.59. The molecule has 0 amide bonds. The third kappa shape index (κ3) is 2.20. The average molecular weight is 305 g/mol. The van der Waals surface area contributed by atoms with Gasteiger partial charge < -0.3 is 20.3 Å². The molecule has 1 saturated carbocycles. The van der Waals surface area contributed by atoms with Gasteiger partial charge in [-0.05, 0) is 31.0 Å². The third-order valence-corrected chi connectivity index (χ3v) is 5.14. The molecule has 0 spiro atoms. The molecular weight excluding hydrogens is 282 g/mol. The molecular formula is C17H23NO4. The van der Waals surface area contributed by atoms with Crippen LogP contribution in [0.2, 0.25) is 0 Å². The number of phenols is 1. The van der Waals surface area contributed by atoms with Crippen LogP contribution in [0.25, 0.3) is 0 Å². The van der Waals surface area contributed by atoms with E-state index >= 15 is 0 Å². The van der Waals surface area contributed by atoms with E-state index in [1.807, 2.05) is 13.0 Å². The zero-order valence-corrected chi connectivity index (χ0v) is 13.1. The van der Waals surface area contributed by atoms with Gasteiger partial charge in [-0.1, -0.05) is 13.0 Å². The van der Waals surface area contributed by atoms with E-state index in [9.17, 15) is 15.0 Å². The Morgan fingerprint density at radius 1 is 1.41 bits per heavy atom. The minimum atomic E-state index is -0.974. The van der Waals surface area contributed by atoms with Crippen LogP contribution in [0.15, 0.2) is 12.1 Å². The number of hydrogen-bond donors (Lipinski definition) is 3. The Bertz CT molecular complexity index is 601. The molecule has 3 atom stereocenters. The fourth-order valence-corrected chi connectivity index (χ4v) is 4.08. The van der Waals surface area contributed by atoms with Crippen molar-refractivity contribution in [3.8, 4) is 11.5 Å². The summed E-state index contributed by atoms with van der Waals surface area (Å²) in [6, 6.07) is 3.41. The van der Waals surface area contributed by atoms with Crippen molar-refractivity contribution in [3.63, 3.8) is 0 Å². The maximum atomic E-state index is 12.0. The summed E-state index contributed by atoms with van der Waals surface area (Å²) in [7, 11) is 1.51. The van der Waals surface area contributed by atoms with Crippen LogP contribution >= 0.6 is 0 Å². The molecule has 5 heteroatoms. The molecule has 120 valence electrons. The van der Waals surface area contributed by atoms with E-state index in [-0.39, 0.29) is 23.5 Å². The van der Waals surface area contributed by atoms with Gasteiger partial charge in [-0.2, -0.15) is 0 Å². The summed E-state index contributed by atoms with van der Waals surface area (Å²) in [5.74, 6) is 0.279. The van der Waals surface area contributed by atoms with Crippen molar-refractivity contribution in [1.29, 1.82) is 0 Å². The summed E-state index contributed by atoms with van der Waals surface area (Å²) < 4.78 is 5.38. The first-order valence-corrected chi connectivity index (χ1v) is 7.87. The summed E-state index contributed by atoms with van der Waals surface area (Å²) >= 11 is 0. The largest absolute Gasteiger partial charge is 0.504 e. The maximum Gasteiger partial charge on any atom is 0.164 e. The first-order chi connectivity index (χ1) is 10.5. The number of fused-ring (bicyclic) bond motifs is 3. The summed E-state index contributed by atoms with van der Waals surface area (Å²) in [4.78, 5) is 12.0. The molecule has 2 aliphatic carbocycles. The number of rotatable bonds is 3. The van der Waals surface area contributed by atoms with Crippen LogP contribution in [0.1, 0.15) is 43.2 Å². The Labute approximate surface area is 130 Å². The number of nitrogens with one attached hydrogen (secondary N) is 1. The number of benzene rings is 1. The number of likely N-dealkylation sites (N-methyl/N-ethyl adjacent to an activating group) is 1. The zero-order chi connectivity index (χ0) is 15.9. The first-order valence-electron chi connectivity index (χ1n) is 7.87. The van der Waals surface area contributed by atoms with E-state index in [1.165, 1.54) is 7.11 Å². The lowest BCUT2D eigenvalue weighted by atomic mass is 9.62. The lowest BCUT2D eigenvalue weighted by molar-refractivity contribution is -0.130. The smallest absolute Gasteiger partial charge is 0.164 e. The van der Waals surface area contributed by atoms with Crippen molar-refractivity contribution in [2.75, 3.05) is 13.7 Å². The molecule has 2 aliphatic rings. The van der Waals surface area contributed by atoms with Gasteiger partial charge in [0.1, 0.15) is 5.78 Å². The molecule has 5 nitrogen and oxygen atoms in total. The molecule has 1 aromatic rings. The molecule has 0 radical (unpaired) electrons. The Morgan fingerprint density at radius 2 is 2.18 bits per heavy atom. The standard InChI is InChI=1S/C17H23NO4/c1-3-18-14-8-10-4-5-13(20)16(22-2)15(10)12-9-11(19)6-7-17(12,14)21/h4-5,12,14,18,20-21H,3,6-9H2,1-2H3/t12?,14-,17+/m1/s1. The second-order valence-corrected chi connectivity index (χ2v) is 6.29. The Kier molecular flexibility index (Phi) is 3.87. The number of phenolic OH excluding ortho intramolecular Hbond substituents is 1. The molecule has 3 rings (SSSR count). The summed E-state index contributed by atoms with van der Waals surface area (Å²) in [5, 5.41) is 24.7. The number of carbonyl (C=O) groups excluding carboxylic acids is 1. The summed E-state index contributed by atoms with van der Waals surface area (Å²) in [6.07, 6.45) is 1.82. The quantitative estimate of drug-likeness (QED) is 0.789. The van der Waals surface area contributed by atoms with Crippen molar-refractivity contribution >= 4 is 5.78 Å².